The van der Waals surface area contributed by atoms with E-state index < -0.39 is 0 Å². The molecule has 0 aromatic carbocycles. The Balaban J connectivity index is 2.82. The molecule has 0 unspecified atom stereocenters. The molecule has 1 aliphatic heterocycles. The number of likely N-dealkylation sites (N-methyl/N-ethyl adjacent to an activating group) is 2. The van der Waals surface area contributed by atoms with Crippen molar-refractivity contribution in [2.45, 2.75) is 59.0 Å². The number of amides is 2. The van der Waals surface area contributed by atoms with Crippen LogP contribution >= 0.6 is 0 Å². The maximum atomic E-state index is 12.6. The molecular formula is C15H29N3O2. The Kier molecular flexibility index (Phi) is 6.99. The average molecular weight is 283 g/mol. The normalized spacial score (nSPS) is 19.9. The van der Waals surface area contributed by atoms with Crippen molar-refractivity contribution in [3.8, 4) is 0 Å². The number of carbonyl (C=O) groups is 2. The molecule has 1 saturated heterocycles. The molecule has 0 spiro atoms. The van der Waals surface area contributed by atoms with Gasteiger partial charge >= 0.3 is 0 Å². The highest BCUT2D eigenvalue weighted by Gasteiger charge is 2.33. The first kappa shape index (κ1) is 17.0. The number of rotatable bonds is 7. The summed E-state index contributed by atoms with van der Waals surface area (Å²) in [6.45, 7) is 10.1. The second-order valence-corrected chi connectivity index (χ2v) is 5.81. The first-order valence-corrected chi connectivity index (χ1v) is 7.82. The molecule has 5 nitrogen and oxygen atoms in total. The predicted molar refractivity (Wildman–Crippen MR) is 80.3 cm³/mol. The highest BCUT2D eigenvalue weighted by atomic mass is 16.2. The number of hydrogen-bond acceptors (Lipinski definition) is 3. The summed E-state index contributed by atoms with van der Waals surface area (Å²) in [4.78, 5) is 26.6. The van der Waals surface area contributed by atoms with Gasteiger partial charge in [0, 0.05) is 13.1 Å². The third-order valence-corrected chi connectivity index (χ3v) is 3.71. The minimum absolute atomic E-state index is 0.0330. The van der Waals surface area contributed by atoms with E-state index in [4.69, 9.17) is 0 Å². The van der Waals surface area contributed by atoms with Crippen LogP contribution in [0.4, 0.5) is 0 Å². The lowest BCUT2D eigenvalue weighted by atomic mass is 10.0. The maximum absolute atomic E-state index is 12.6. The standard InChI is InChI=1S/C15H29N3O2/c1-5-16-14(19)13(10-11(3)4)18(6-2)15(20)12-8-7-9-17-12/h11-13,17H,5-10H2,1-4H3,(H,16,19)/t12-,13+/m0/s1. The van der Waals surface area contributed by atoms with Crippen molar-refractivity contribution in [3.63, 3.8) is 0 Å². The van der Waals surface area contributed by atoms with E-state index >= 15 is 0 Å². The minimum atomic E-state index is -0.352. The number of nitrogens with one attached hydrogen (secondary N) is 2. The van der Waals surface area contributed by atoms with Crippen molar-refractivity contribution >= 4 is 11.8 Å². The van der Waals surface area contributed by atoms with Gasteiger partial charge in [-0.3, -0.25) is 9.59 Å². The summed E-state index contributed by atoms with van der Waals surface area (Å²) in [7, 11) is 0. The monoisotopic (exact) mass is 283 g/mol. The SMILES string of the molecule is CCNC(=O)[C@@H](CC(C)C)N(CC)C(=O)[C@@H]1CCCN1. The molecule has 0 bridgehead atoms. The third-order valence-electron chi connectivity index (χ3n) is 3.71. The molecule has 0 saturated carbocycles. The van der Waals surface area contributed by atoms with Crippen LogP contribution in [0.3, 0.4) is 0 Å². The number of nitrogens with zero attached hydrogens (tertiary/aromatic N) is 1. The topological polar surface area (TPSA) is 61.4 Å². The van der Waals surface area contributed by atoms with Gasteiger partial charge < -0.3 is 15.5 Å². The Morgan fingerprint density at radius 2 is 2.05 bits per heavy atom. The highest BCUT2D eigenvalue weighted by molar-refractivity contribution is 5.90. The molecule has 5 heteroatoms. The molecule has 0 aliphatic carbocycles. The summed E-state index contributed by atoms with van der Waals surface area (Å²) < 4.78 is 0. The van der Waals surface area contributed by atoms with Crippen LogP contribution < -0.4 is 10.6 Å². The lowest BCUT2D eigenvalue weighted by Crippen LogP contribution is -2.54. The summed E-state index contributed by atoms with van der Waals surface area (Å²) in [5.41, 5.74) is 0. The molecule has 1 aliphatic rings. The summed E-state index contributed by atoms with van der Waals surface area (Å²) in [6.07, 6.45) is 2.61. The third kappa shape index (κ3) is 4.47. The van der Waals surface area contributed by atoms with Crippen LogP contribution in [-0.4, -0.2) is 48.4 Å². The summed E-state index contributed by atoms with van der Waals surface area (Å²) in [5, 5.41) is 6.09. The van der Waals surface area contributed by atoms with Crippen LogP contribution in [0, 0.1) is 5.92 Å². The number of hydrogen-bond donors (Lipinski definition) is 2. The van der Waals surface area contributed by atoms with Gasteiger partial charge in [0.25, 0.3) is 0 Å². The Morgan fingerprint density at radius 1 is 1.35 bits per heavy atom. The van der Waals surface area contributed by atoms with E-state index in [1.807, 2.05) is 13.8 Å². The Bertz CT molecular complexity index is 325. The minimum Gasteiger partial charge on any atom is -0.355 e. The summed E-state index contributed by atoms with van der Waals surface area (Å²) >= 11 is 0. The van der Waals surface area contributed by atoms with Crippen molar-refractivity contribution < 1.29 is 9.59 Å². The molecule has 1 heterocycles. The largest absolute Gasteiger partial charge is 0.355 e. The molecule has 0 aromatic rings. The quantitative estimate of drug-likeness (QED) is 0.736. The van der Waals surface area contributed by atoms with Gasteiger partial charge in [-0.2, -0.15) is 0 Å². The zero-order valence-electron chi connectivity index (χ0n) is 13.2. The predicted octanol–water partition coefficient (Wildman–Crippen LogP) is 1.14. The van der Waals surface area contributed by atoms with E-state index in [9.17, 15) is 9.59 Å². The molecule has 1 fully saturated rings. The van der Waals surface area contributed by atoms with Crippen LogP contribution in [0.25, 0.3) is 0 Å². The van der Waals surface area contributed by atoms with Gasteiger partial charge in [0.05, 0.1) is 6.04 Å². The summed E-state index contributed by atoms with van der Waals surface area (Å²) in [6, 6.07) is -0.464. The fraction of sp³-hybridized carbons (Fsp3) is 0.867. The lowest BCUT2D eigenvalue weighted by molar-refractivity contribution is -0.142. The smallest absolute Gasteiger partial charge is 0.242 e. The Morgan fingerprint density at radius 3 is 2.50 bits per heavy atom. The van der Waals surface area contributed by atoms with Gasteiger partial charge in [-0.05, 0) is 45.6 Å². The van der Waals surface area contributed by atoms with Gasteiger partial charge in [0.15, 0.2) is 0 Å². The zero-order chi connectivity index (χ0) is 15.1. The Labute approximate surface area is 122 Å². The molecule has 2 amide bonds. The molecule has 1 rings (SSSR count). The van der Waals surface area contributed by atoms with Crippen LogP contribution in [0.2, 0.25) is 0 Å². The second kappa shape index (κ2) is 8.25. The van der Waals surface area contributed by atoms with Gasteiger partial charge in [-0.1, -0.05) is 13.8 Å². The molecule has 116 valence electrons. The van der Waals surface area contributed by atoms with Gasteiger partial charge in [-0.25, -0.2) is 0 Å². The molecule has 0 aromatic heterocycles. The fourth-order valence-corrected chi connectivity index (χ4v) is 2.74. The second-order valence-electron chi connectivity index (χ2n) is 5.81. The first-order valence-electron chi connectivity index (χ1n) is 7.82. The molecule has 2 atom stereocenters. The lowest BCUT2D eigenvalue weighted by Gasteiger charge is -2.33. The van der Waals surface area contributed by atoms with E-state index in [0.717, 1.165) is 19.4 Å². The fourth-order valence-electron chi connectivity index (χ4n) is 2.74. The van der Waals surface area contributed by atoms with Crippen molar-refractivity contribution in [3.05, 3.63) is 0 Å². The van der Waals surface area contributed by atoms with Crippen molar-refractivity contribution in [2.24, 2.45) is 5.92 Å². The molecular weight excluding hydrogens is 254 g/mol. The summed E-state index contributed by atoms with van der Waals surface area (Å²) in [5.74, 6) is 0.414. The van der Waals surface area contributed by atoms with Crippen LogP contribution in [0.5, 0.6) is 0 Å². The molecule has 2 N–H and O–H groups in total. The van der Waals surface area contributed by atoms with Gasteiger partial charge in [-0.15, -0.1) is 0 Å². The van der Waals surface area contributed by atoms with Crippen LogP contribution in [0.15, 0.2) is 0 Å². The number of carbonyl (C=O) groups excluding carboxylic acids is 2. The zero-order valence-corrected chi connectivity index (χ0v) is 13.2. The van der Waals surface area contributed by atoms with E-state index in [-0.39, 0.29) is 23.9 Å². The van der Waals surface area contributed by atoms with E-state index in [1.165, 1.54) is 0 Å². The van der Waals surface area contributed by atoms with E-state index in [2.05, 4.69) is 24.5 Å². The molecule has 20 heavy (non-hydrogen) atoms. The van der Waals surface area contributed by atoms with Crippen LogP contribution in [0.1, 0.15) is 47.0 Å². The van der Waals surface area contributed by atoms with Gasteiger partial charge in [0.2, 0.25) is 11.8 Å². The van der Waals surface area contributed by atoms with Crippen molar-refractivity contribution in [1.82, 2.24) is 15.5 Å². The maximum Gasteiger partial charge on any atom is 0.242 e. The molecule has 0 radical (unpaired) electrons. The van der Waals surface area contributed by atoms with E-state index in [0.29, 0.717) is 25.4 Å². The van der Waals surface area contributed by atoms with E-state index in [1.54, 1.807) is 4.90 Å². The van der Waals surface area contributed by atoms with Gasteiger partial charge in [0.1, 0.15) is 6.04 Å². The average Bonchev–Trinajstić information content (AvgIpc) is 2.91. The first-order chi connectivity index (χ1) is 9.51. The Hall–Kier alpha value is -1.10. The van der Waals surface area contributed by atoms with Crippen molar-refractivity contribution in [2.75, 3.05) is 19.6 Å². The highest BCUT2D eigenvalue weighted by Crippen LogP contribution is 2.16. The van der Waals surface area contributed by atoms with Crippen LogP contribution in [-0.2, 0) is 9.59 Å². The van der Waals surface area contributed by atoms with Crippen molar-refractivity contribution in [1.29, 1.82) is 0 Å².